The van der Waals surface area contributed by atoms with E-state index in [4.69, 9.17) is 10.3 Å². The van der Waals surface area contributed by atoms with Gasteiger partial charge in [-0.15, -0.1) is 0 Å². The second-order valence-electron chi connectivity index (χ2n) is 4.32. The highest BCUT2D eigenvalue weighted by molar-refractivity contribution is 7.91. The zero-order valence-corrected chi connectivity index (χ0v) is 11.5. The zero-order valence-electron chi connectivity index (χ0n) is 10.7. The maximum absolute atomic E-state index is 12.3. The number of nitrogens with two attached hydrogens (primary N) is 1. The molecular weight excluding hydrogens is 266 g/mol. The number of rotatable bonds is 4. The highest BCUT2D eigenvalue weighted by Gasteiger charge is 2.26. The summed E-state index contributed by atoms with van der Waals surface area (Å²) in [4.78, 5) is 4.01. The Morgan fingerprint density at radius 2 is 1.95 bits per heavy atom. The molecule has 1 atom stereocenters. The van der Waals surface area contributed by atoms with Crippen molar-refractivity contribution in [3.63, 3.8) is 0 Å². The van der Waals surface area contributed by atoms with E-state index in [0.717, 1.165) is 5.56 Å². The van der Waals surface area contributed by atoms with Crippen molar-refractivity contribution in [1.82, 2.24) is 10.1 Å². The van der Waals surface area contributed by atoms with Gasteiger partial charge in [0.15, 0.2) is 15.6 Å². The van der Waals surface area contributed by atoms with Crippen LogP contribution in [-0.2, 0) is 9.84 Å². The Morgan fingerprint density at radius 3 is 2.47 bits per heavy atom. The predicted octanol–water partition coefficient (Wildman–Crippen LogP) is 1.16. The summed E-state index contributed by atoms with van der Waals surface area (Å²) in [6, 6.07) is 2.79. The van der Waals surface area contributed by atoms with Crippen LogP contribution in [0.15, 0.2) is 33.9 Å². The second-order valence-corrected chi connectivity index (χ2v) is 6.29. The van der Waals surface area contributed by atoms with Gasteiger partial charge in [0, 0.05) is 18.4 Å². The molecule has 2 heterocycles. The molecule has 102 valence electrons. The highest BCUT2D eigenvalue weighted by atomic mass is 32.2. The third-order valence-corrected chi connectivity index (χ3v) is 4.81. The first-order valence-corrected chi connectivity index (χ1v) is 7.38. The van der Waals surface area contributed by atoms with Crippen LogP contribution in [0.4, 0.5) is 0 Å². The third-order valence-electron chi connectivity index (χ3n) is 2.81. The fraction of sp³-hybridized carbons (Fsp3) is 0.333. The van der Waals surface area contributed by atoms with Gasteiger partial charge in [-0.3, -0.25) is 4.98 Å². The van der Waals surface area contributed by atoms with Crippen molar-refractivity contribution in [3.05, 3.63) is 41.5 Å². The molecule has 0 radical (unpaired) electrons. The van der Waals surface area contributed by atoms with Crippen molar-refractivity contribution in [2.75, 3.05) is 5.75 Å². The molecular formula is C12H15N3O3S. The number of sulfone groups is 1. The third kappa shape index (κ3) is 2.82. The van der Waals surface area contributed by atoms with Gasteiger partial charge < -0.3 is 10.3 Å². The maximum Gasteiger partial charge on any atom is 0.185 e. The molecule has 0 aliphatic heterocycles. The smallest absolute Gasteiger partial charge is 0.185 e. The van der Waals surface area contributed by atoms with E-state index in [1.165, 1.54) is 0 Å². The molecule has 0 amide bonds. The lowest BCUT2D eigenvalue weighted by Gasteiger charge is -2.12. The first-order chi connectivity index (χ1) is 8.92. The van der Waals surface area contributed by atoms with E-state index in [0.29, 0.717) is 11.5 Å². The summed E-state index contributed by atoms with van der Waals surface area (Å²) in [7, 11) is -3.53. The molecule has 2 aromatic rings. The average Bonchev–Trinajstić information content (AvgIpc) is 2.70. The summed E-state index contributed by atoms with van der Waals surface area (Å²) in [6.45, 7) is 3.17. The predicted molar refractivity (Wildman–Crippen MR) is 69.2 cm³/mol. The fourth-order valence-electron chi connectivity index (χ4n) is 1.95. The Balaban J connectivity index is 2.28. The van der Waals surface area contributed by atoms with E-state index >= 15 is 0 Å². The highest BCUT2D eigenvalue weighted by Crippen LogP contribution is 2.23. The van der Waals surface area contributed by atoms with Crippen LogP contribution in [0.1, 0.15) is 23.1 Å². The molecule has 0 spiro atoms. The van der Waals surface area contributed by atoms with Crippen LogP contribution in [0.25, 0.3) is 0 Å². The number of pyridine rings is 1. The Morgan fingerprint density at radius 1 is 1.32 bits per heavy atom. The van der Waals surface area contributed by atoms with Crippen LogP contribution in [0.3, 0.4) is 0 Å². The standard InChI is InChI=1S/C12H15N3O3S/c1-8-12(9(2)18-15-8)19(16,17)7-11(13)10-3-5-14-6-4-10/h3-6,11H,7,13H2,1-2H3. The van der Waals surface area contributed by atoms with Gasteiger partial charge in [-0.1, -0.05) is 5.16 Å². The van der Waals surface area contributed by atoms with Crippen molar-refractivity contribution in [1.29, 1.82) is 0 Å². The molecule has 0 aromatic carbocycles. The van der Waals surface area contributed by atoms with Crippen LogP contribution in [0.5, 0.6) is 0 Å². The molecule has 19 heavy (non-hydrogen) atoms. The topological polar surface area (TPSA) is 99.1 Å². The number of aromatic nitrogens is 2. The number of hydrogen-bond donors (Lipinski definition) is 1. The van der Waals surface area contributed by atoms with Crippen molar-refractivity contribution in [3.8, 4) is 0 Å². The molecule has 2 aromatic heterocycles. The van der Waals surface area contributed by atoms with Crippen LogP contribution in [0.2, 0.25) is 0 Å². The summed E-state index contributed by atoms with van der Waals surface area (Å²) in [5.41, 5.74) is 7.02. The number of aryl methyl sites for hydroxylation is 2. The van der Waals surface area contributed by atoms with E-state index in [9.17, 15) is 8.42 Å². The first-order valence-electron chi connectivity index (χ1n) is 5.73. The first kappa shape index (κ1) is 13.7. The van der Waals surface area contributed by atoms with E-state index in [2.05, 4.69) is 10.1 Å². The Bertz CT molecular complexity index is 645. The Kier molecular flexibility index (Phi) is 3.68. The summed E-state index contributed by atoms with van der Waals surface area (Å²) >= 11 is 0. The summed E-state index contributed by atoms with van der Waals surface area (Å²) < 4.78 is 29.5. The van der Waals surface area contributed by atoms with Crippen LogP contribution >= 0.6 is 0 Å². The SMILES string of the molecule is Cc1noc(C)c1S(=O)(=O)CC(N)c1ccncc1. The van der Waals surface area contributed by atoms with Gasteiger partial charge in [0.25, 0.3) is 0 Å². The van der Waals surface area contributed by atoms with Gasteiger partial charge in [-0.2, -0.15) is 0 Å². The molecule has 0 saturated heterocycles. The Hall–Kier alpha value is -1.73. The van der Waals surface area contributed by atoms with Crippen molar-refractivity contribution >= 4 is 9.84 Å². The van der Waals surface area contributed by atoms with Gasteiger partial charge >= 0.3 is 0 Å². The van der Waals surface area contributed by atoms with Crippen molar-refractivity contribution < 1.29 is 12.9 Å². The van der Waals surface area contributed by atoms with Gasteiger partial charge in [0.2, 0.25) is 0 Å². The lowest BCUT2D eigenvalue weighted by atomic mass is 10.1. The van der Waals surface area contributed by atoms with E-state index in [-0.39, 0.29) is 10.6 Å². The minimum Gasteiger partial charge on any atom is -0.360 e. The second kappa shape index (κ2) is 5.10. The Labute approximate surface area is 111 Å². The zero-order chi connectivity index (χ0) is 14.0. The summed E-state index contributed by atoms with van der Waals surface area (Å²) in [5.74, 6) is 0.0966. The minimum atomic E-state index is -3.53. The monoisotopic (exact) mass is 281 g/mol. The normalized spacial score (nSPS) is 13.4. The molecule has 0 saturated carbocycles. The summed E-state index contributed by atoms with van der Waals surface area (Å²) in [5, 5.41) is 3.66. The summed E-state index contributed by atoms with van der Waals surface area (Å²) in [6.07, 6.45) is 3.16. The molecule has 2 rings (SSSR count). The van der Waals surface area contributed by atoms with E-state index in [1.54, 1.807) is 38.4 Å². The largest absolute Gasteiger partial charge is 0.360 e. The molecule has 0 aliphatic carbocycles. The van der Waals surface area contributed by atoms with E-state index < -0.39 is 15.9 Å². The van der Waals surface area contributed by atoms with Crippen LogP contribution in [0, 0.1) is 13.8 Å². The lowest BCUT2D eigenvalue weighted by Crippen LogP contribution is -2.22. The molecule has 0 aliphatic rings. The molecule has 0 bridgehead atoms. The molecule has 1 unspecified atom stereocenters. The van der Waals surface area contributed by atoms with Crippen molar-refractivity contribution in [2.24, 2.45) is 5.73 Å². The molecule has 2 N–H and O–H groups in total. The van der Waals surface area contributed by atoms with Gasteiger partial charge in [-0.05, 0) is 31.5 Å². The number of nitrogens with zero attached hydrogens (tertiary/aromatic N) is 2. The fourth-order valence-corrected chi connectivity index (χ4v) is 3.74. The quantitative estimate of drug-likeness (QED) is 0.902. The van der Waals surface area contributed by atoms with Crippen molar-refractivity contribution in [2.45, 2.75) is 24.8 Å². The lowest BCUT2D eigenvalue weighted by molar-refractivity contribution is 0.390. The molecule has 7 heteroatoms. The molecule has 0 fully saturated rings. The maximum atomic E-state index is 12.3. The minimum absolute atomic E-state index is 0.136. The van der Waals surface area contributed by atoms with Gasteiger partial charge in [-0.25, -0.2) is 8.42 Å². The van der Waals surface area contributed by atoms with Gasteiger partial charge in [0.05, 0.1) is 11.4 Å². The van der Waals surface area contributed by atoms with Crippen LogP contribution in [-0.4, -0.2) is 24.3 Å². The average molecular weight is 281 g/mol. The van der Waals surface area contributed by atoms with Gasteiger partial charge in [0.1, 0.15) is 4.90 Å². The van der Waals surface area contributed by atoms with Crippen LogP contribution < -0.4 is 5.73 Å². The van der Waals surface area contributed by atoms with E-state index in [1.807, 2.05) is 0 Å². The number of hydrogen-bond acceptors (Lipinski definition) is 6. The molecule has 6 nitrogen and oxygen atoms in total.